The zero-order chi connectivity index (χ0) is 13.1. The molecule has 1 aromatic rings. The van der Waals surface area contributed by atoms with Gasteiger partial charge in [0.2, 0.25) is 0 Å². The van der Waals surface area contributed by atoms with Crippen LogP contribution in [-0.2, 0) is 0 Å². The summed E-state index contributed by atoms with van der Waals surface area (Å²) in [5.41, 5.74) is 0.604. The van der Waals surface area contributed by atoms with Gasteiger partial charge in [-0.1, -0.05) is 12.1 Å². The van der Waals surface area contributed by atoms with Crippen molar-refractivity contribution in [1.82, 2.24) is 5.32 Å². The molecule has 1 N–H and O–H groups in total. The minimum absolute atomic E-state index is 0.288. The van der Waals surface area contributed by atoms with Crippen molar-refractivity contribution in [3.63, 3.8) is 0 Å². The monoisotopic (exact) mass is 246 g/mol. The zero-order valence-corrected chi connectivity index (χ0v) is 8.98. The Labute approximate surface area is 95.9 Å². The van der Waals surface area contributed by atoms with E-state index < -0.39 is 24.6 Å². The number of nitriles is 1. The molecular weight excluding hydrogens is 236 g/mol. The molecule has 6 heteroatoms. The molecule has 0 aliphatic carbocycles. The molecule has 0 amide bonds. The number of rotatable bonds is 3. The predicted molar refractivity (Wildman–Crippen MR) is 53.5 cm³/mol. The highest BCUT2D eigenvalue weighted by Gasteiger charge is 2.28. The molecule has 0 aliphatic heterocycles. The van der Waals surface area contributed by atoms with Crippen molar-refractivity contribution < 1.29 is 17.6 Å². The Hall–Kier alpha value is -1.61. The standard InChI is InChI=1S/C11H10F4N2/c1-7-4-8(2-3-9(7)12)10(5-16)17-6-11(13,14)15/h2-4,10,17H,6H2,1H3. The molecule has 1 unspecified atom stereocenters. The maximum Gasteiger partial charge on any atom is 0.401 e. The molecule has 0 saturated carbocycles. The maximum atomic E-state index is 13.0. The summed E-state index contributed by atoms with van der Waals surface area (Å²) < 4.78 is 48.9. The molecule has 0 bridgehead atoms. The Morgan fingerprint density at radius 1 is 1.41 bits per heavy atom. The third kappa shape index (κ3) is 4.04. The van der Waals surface area contributed by atoms with Gasteiger partial charge in [0, 0.05) is 0 Å². The molecule has 0 spiro atoms. The topological polar surface area (TPSA) is 35.8 Å². The lowest BCUT2D eigenvalue weighted by atomic mass is 10.1. The number of halogens is 4. The Morgan fingerprint density at radius 3 is 2.53 bits per heavy atom. The molecule has 0 radical (unpaired) electrons. The maximum absolute atomic E-state index is 13.0. The quantitative estimate of drug-likeness (QED) is 0.832. The lowest BCUT2D eigenvalue weighted by Gasteiger charge is -2.14. The van der Waals surface area contributed by atoms with Crippen LogP contribution in [0, 0.1) is 24.1 Å². The number of aryl methyl sites for hydroxylation is 1. The molecule has 1 aromatic carbocycles. The van der Waals surface area contributed by atoms with Gasteiger partial charge in [-0.2, -0.15) is 18.4 Å². The van der Waals surface area contributed by atoms with Crippen LogP contribution in [0.2, 0.25) is 0 Å². The summed E-state index contributed by atoms with van der Waals surface area (Å²) in [4.78, 5) is 0. The van der Waals surface area contributed by atoms with Crippen LogP contribution in [0.4, 0.5) is 17.6 Å². The van der Waals surface area contributed by atoms with E-state index in [0.717, 1.165) is 6.07 Å². The molecule has 1 atom stereocenters. The van der Waals surface area contributed by atoms with E-state index in [4.69, 9.17) is 5.26 Å². The molecule has 0 saturated heterocycles. The van der Waals surface area contributed by atoms with Crippen molar-refractivity contribution in [2.45, 2.75) is 19.1 Å². The van der Waals surface area contributed by atoms with Gasteiger partial charge in [-0.05, 0) is 24.1 Å². The van der Waals surface area contributed by atoms with E-state index in [1.54, 1.807) is 6.07 Å². The number of nitrogens with one attached hydrogen (secondary N) is 1. The van der Waals surface area contributed by atoms with Crippen LogP contribution >= 0.6 is 0 Å². The number of nitrogens with zero attached hydrogens (tertiary/aromatic N) is 1. The van der Waals surface area contributed by atoms with Crippen molar-refractivity contribution in [2.24, 2.45) is 0 Å². The molecule has 2 nitrogen and oxygen atoms in total. The van der Waals surface area contributed by atoms with Crippen LogP contribution in [0.15, 0.2) is 18.2 Å². The second kappa shape index (κ2) is 5.15. The zero-order valence-electron chi connectivity index (χ0n) is 8.98. The van der Waals surface area contributed by atoms with E-state index in [1.165, 1.54) is 19.1 Å². The fraction of sp³-hybridized carbons (Fsp3) is 0.364. The second-order valence-corrected chi connectivity index (χ2v) is 3.57. The molecule has 17 heavy (non-hydrogen) atoms. The SMILES string of the molecule is Cc1cc(C(C#N)NCC(F)(F)F)ccc1F. The highest BCUT2D eigenvalue weighted by atomic mass is 19.4. The minimum Gasteiger partial charge on any atom is -0.290 e. The second-order valence-electron chi connectivity index (χ2n) is 3.57. The lowest BCUT2D eigenvalue weighted by molar-refractivity contribution is -0.125. The lowest BCUT2D eigenvalue weighted by Crippen LogP contribution is -2.31. The first-order valence-electron chi connectivity index (χ1n) is 4.79. The first kappa shape index (κ1) is 13.5. The van der Waals surface area contributed by atoms with Crippen LogP contribution in [0.25, 0.3) is 0 Å². The van der Waals surface area contributed by atoms with Gasteiger partial charge in [-0.15, -0.1) is 0 Å². The van der Waals surface area contributed by atoms with Gasteiger partial charge in [0.15, 0.2) is 0 Å². The third-order valence-electron chi connectivity index (χ3n) is 2.15. The van der Waals surface area contributed by atoms with Crippen molar-refractivity contribution >= 4 is 0 Å². The number of hydrogen-bond acceptors (Lipinski definition) is 2. The van der Waals surface area contributed by atoms with Crippen molar-refractivity contribution in [3.05, 3.63) is 35.1 Å². The smallest absolute Gasteiger partial charge is 0.290 e. The fourth-order valence-electron chi connectivity index (χ4n) is 1.30. The van der Waals surface area contributed by atoms with Gasteiger partial charge in [-0.3, -0.25) is 5.32 Å². The van der Waals surface area contributed by atoms with E-state index in [0.29, 0.717) is 5.56 Å². The van der Waals surface area contributed by atoms with E-state index in [-0.39, 0.29) is 5.56 Å². The third-order valence-corrected chi connectivity index (χ3v) is 2.15. The van der Waals surface area contributed by atoms with Crippen molar-refractivity contribution in [3.8, 4) is 6.07 Å². The highest BCUT2D eigenvalue weighted by Crippen LogP contribution is 2.19. The molecule has 0 fully saturated rings. The fourth-order valence-corrected chi connectivity index (χ4v) is 1.30. The van der Waals surface area contributed by atoms with Gasteiger partial charge < -0.3 is 0 Å². The molecule has 92 valence electrons. The normalized spacial score (nSPS) is 13.2. The van der Waals surface area contributed by atoms with E-state index in [1.807, 2.05) is 0 Å². The van der Waals surface area contributed by atoms with E-state index in [2.05, 4.69) is 5.32 Å². The Morgan fingerprint density at radius 2 is 2.06 bits per heavy atom. The first-order valence-corrected chi connectivity index (χ1v) is 4.79. The summed E-state index contributed by atoms with van der Waals surface area (Å²) in [6.07, 6.45) is -4.38. The van der Waals surface area contributed by atoms with Crippen LogP contribution in [0.1, 0.15) is 17.2 Å². The van der Waals surface area contributed by atoms with Gasteiger partial charge >= 0.3 is 6.18 Å². The average Bonchev–Trinajstić information content (AvgIpc) is 2.22. The predicted octanol–water partition coefficient (Wildman–Crippen LogP) is 2.85. The van der Waals surface area contributed by atoms with Gasteiger partial charge in [0.1, 0.15) is 11.9 Å². The summed E-state index contributed by atoms with van der Waals surface area (Å²) in [6.45, 7) is 0.221. The largest absolute Gasteiger partial charge is 0.401 e. The first-order chi connectivity index (χ1) is 7.83. The van der Waals surface area contributed by atoms with Crippen LogP contribution in [0.5, 0.6) is 0 Å². The summed E-state index contributed by atoms with van der Waals surface area (Å²) >= 11 is 0. The Balaban J connectivity index is 2.81. The molecular formula is C11H10F4N2. The summed E-state index contributed by atoms with van der Waals surface area (Å²) in [5.74, 6) is -0.457. The van der Waals surface area contributed by atoms with Crippen molar-refractivity contribution in [1.29, 1.82) is 5.26 Å². The molecule has 0 aliphatic rings. The molecule has 0 heterocycles. The van der Waals surface area contributed by atoms with Gasteiger partial charge in [0.05, 0.1) is 12.6 Å². The summed E-state index contributed by atoms with van der Waals surface area (Å²) in [5, 5.41) is 10.8. The Bertz CT molecular complexity index is 434. The van der Waals surface area contributed by atoms with Gasteiger partial charge in [0.25, 0.3) is 0 Å². The van der Waals surface area contributed by atoms with Crippen molar-refractivity contribution in [2.75, 3.05) is 6.54 Å². The minimum atomic E-state index is -4.38. The molecule has 1 rings (SSSR count). The van der Waals surface area contributed by atoms with Crippen LogP contribution in [0.3, 0.4) is 0 Å². The van der Waals surface area contributed by atoms with E-state index in [9.17, 15) is 17.6 Å². The van der Waals surface area contributed by atoms with Gasteiger partial charge in [-0.25, -0.2) is 4.39 Å². The van der Waals surface area contributed by atoms with Crippen LogP contribution in [-0.4, -0.2) is 12.7 Å². The van der Waals surface area contributed by atoms with E-state index >= 15 is 0 Å². The Kier molecular flexibility index (Phi) is 4.07. The number of benzene rings is 1. The summed E-state index contributed by atoms with van der Waals surface area (Å²) in [7, 11) is 0. The summed E-state index contributed by atoms with van der Waals surface area (Å²) in [6, 6.07) is 4.38. The van der Waals surface area contributed by atoms with Crippen LogP contribution < -0.4 is 5.32 Å². The average molecular weight is 246 g/mol. The molecule has 0 aromatic heterocycles. The number of hydrogen-bond donors (Lipinski definition) is 1. The number of alkyl halides is 3. The highest BCUT2D eigenvalue weighted by molar-refractivity contribution is 5.29.